The van der Waals surface area contributed by atoms with Crippen LogP contribution in [0.2, 0.25) is 0 Å². The van der Waals surface area contributed by atoms with E-state index >= 15 is 0 Å². The van der Waals surface area contributed by atoms with Crippen LogP contribution < -0.4 is 15.6 Å². The van der Waals surface area contributed by atoms with E-state index in [1.165, 1.54) is 6.07 Å². The Morgan fingerprint density at radius 3 is 2.22 bits per heavy atom. The van der Waals surface area contributed by atoms with Crippen LogP contribution in [0.4, 0.5) is 5.69 Å². The summed E-state index contributed by atoms with van der Waals surface area (Å²) in [5.41, 5.74) is 6.48. The molecule has 0 spiro atoms. The normalized spacial score (nSPS) is 13.7. The van der Waals surface area contributed by atoms with Crippen molar-refractivity contribution in [3.05, 3.63) is 17.7 Å². The van der Waals surface area contributed by atoms with Crippen LogP contribution >= 0.6 is 0 Å². The number of benzene rings is 1. The predicted octanol–water partition coefficient (Wildman–Crippen LogP) is 1.65. The molecule has 4 N–H and O–H groups in total. The van der Waals surface area contributed by atoms with Crippen LogP contribution in [0.25, 0.3) is 0 Å². The Morgan fingerprint density at radius 2 is 1.78 bits per heavy atom. The highest BCUT2D eigenvalue weighted by Gasteiger charge is 2.18. The second-order valence-electron chi connectivity index (χ2n) is 4.75. The van der Waals surface area contributed by atoms with Crippen molar-refractivity contribution in [2.24, 2.45) is 11.1 Å². The van der Waals surface area contributed by atoms with Gasteiger partial charge in [0.25, 0.3) is 0 Å². The van der Waals surface area contributed by atoms with E-state index in [1.807, 2.05) is 20.8 Å². The fourth-order valence-corrected chi connectivity index (χ4v) is 2.26. The van der Waals surface area contributed by atoms with Gasteiger partial charge in [0.15, 0.2) is 0 Å². The van der Waals surface area contributed by atoms with Crippen LogP contribution in [0.15, 0.2) is 17.0 Å². The first-order valence-electron chi connectivity index (χ1n) is 5.72. The second-order valence-corrected chi connectivity index (χ2v) is 6.28. The minimum atomic E-state index is -3.79. The summed E-state index contributed by atoms with van der Waals surface area (Å²) in [6, 6.07) is 2.96. The van der Waals surface area contributed by atoms with Crippen molar-refractivity contribution in [2.45, 2.75) is 38.7 Å². The summed E-state index contributed by atoms with van der Waals surface area (Å²) in [7, 11) is -3.79. The molecule has 1 aromatic carbocycles. The molecule has 1 rings (SSSR count). The van der Waals surface area contributed by atoms with Crippen LogP contribution in [0.1, 0.15) is 26.3 Å². The first-order valence-corrected chi connectivity index (χ1v) is 7.27. The molecule has 0 aliphatic carbocycles. The van der Waals surface area contributed by atoms with Gasteiger partial charge in [0, 0.05) is 17.3 Å². The maximum Gasteiger partial charge on any atom is 0.238 e. The van der Waals surface area contributed by atoms with Gasteiger partial charge in [-0.05, 0) is 25.8 Å². The van der Waals surface area contributed by atoms with Crippen molar-refractivity contribution in [2.75, 3.05) is 5.73 Å². The number of sulfonamides is 1. The molecule has 0 fully saturated rings. The molecule has 0 aromatic heterocycles. The third-order valence-electron chi connectivity index (χ3n) is 2.89. The SMILES string of the molecule is Cc1c(OC(C)C(C)C)cc(N)cc1S(N)(=O)=O. The fraction of sp³-hybridized carbons (Fsp3) is 0.500. The highest BCUT2D eigenvalue weighted by Crippen LogP contribution is 2.29. The van der Waals surface area contributed by atoms with Gasteiger partial charge < -0.3 is 10.5 Å². The Bertz CT molecular complexity index is 538. The van der Waals surface area contributed by atoms with Crippen molar-refractivity contribution in [3.63, 3.8) is 0 Å². The van der Waals surface area contributed by atoms with Gasteiger partial charge in [-0.25, -0.2) is 13.6 Å². The monoisotopic (exact) mass is 272 g/mol. The van der Waals surface area contributed by atoms with E-state index < -0.39 is 10.0 Å². The number of nitrogens with two attached hydrogens (primary N) is 2. The van der Waals surface area contributed by atoms with E-state index in [0.717, 1.165) is 0 Å². The molecule has 5 nitrogen and oxygen atoms in total. The van der Waals surface area contributed by atoms with Crippen molar-refractivity contribution in [1.29, 1.82) is 0 Å². The number of nitrogen functional groups attached to an aromatic ring is 1. The van der Waals surface area contributed by atoms with Crippen LogP contribution in [0.3, 0.4) is 0 Å². The van der Waals surface area contributed by atoms with Crippen molar-refractivity contribution in [3.8, 4) is 5.75 Å². The molecule has 0 saturated heterocycles. The largest absolute Gasteiger partial charge is 0.490 e. The van der Waals surface area contributed by atoms with E-state index in [-0.39, 0.29) is 11.0 Å². The lowest BCUT2D eigenvalue weighted by atomic mass is 10.1. The summed E-state index contributed by atoms with van der Waals surface area (Å²) in [5.74, 6) is 0.768. The van der Waals surface area contributed by atoms with E-state index in [1.54, 1.807) is 13.0 Å². The molecule has 6 heteroatoms. The maximum absolute atomic E-state index is 11.4. The first-order chi connectivity index (χ1) is 8.12. The fourth-order valence-electron chi connectivity index (χ4n) is 1.44. The Kier molecular flexibility index (Phi) is 4.24. The Hall–Kier alpha value is -1.27. The van der Waals surface area contributed by atoms with Crippen molar-refractivity contribution < 1.29 is 13.2 Å². The average molecular weight is 272 g/mol. The predicted molar refractivity (Wildman–Crippen MR) is 71.9 cm³/mol. The smallest absolute Gasteiger partial charge is 0.238 e. The maximum atomic E-state index is 11.4. The lowest BCUT2D eigenvalue weighted by Gasteiger charge is -2.20. The molecule has 0 bridgehead atoms. The molecule has 0 aliphatic rings. The standard InChI is InChI=1S/C12H20N2O3S/c1-7(2)9(4)17-11-5-10(13)6-12(8(11)3)18(14,15)16/h5-7,9H,13H2,1-4H3,(H2,14,15,16). The molecule has 1 aromatic rings. The van der Waals surface area contributed by atoms with Gasteiger partial charge in [-0.3, -0.25) is 0 Å². The molecule has 0 radical (unpaired) electrons. The van der Waals surface area contributed by atoms with Crippen molar-refractivity contribution >= 4 is 15.7 Å². The molecule has 102 valence electrons. The number of primary sulfonamides is 1. The van der Waals surface area contributed by atoms with Crippen molar-refractivity contribution in [1.82, 2.24) is 0 Å². The van der Waals surface area contributed by atoms with Crippen LogP contribution in [-0.2, 0) is 10.0 Å². The van der Waals surface area contributed by atoms with E-state index in [9.17, 15) is 8.42 Å². The summed E-state index contributed by atoms with van der Waals surface area (Å²) in [4.78, 5) is 0.00783. The van der Waals surface area contributed by atoms with Gasteiger partial charge in [-0.15, -0.1) is 0 Å². The van der Waals surface area contributed by atoms with Crippen LogP contribution in [0, 0.1) is 12.8 Å². The number of anilines is 1. The van der Waals surface area contributed by atoms with E-state index in [2.05, 4.69) is 0 Å². The molecular weight excluding hydrogens is 252 g/mol. The van der Waals surface area contributed by atoms with Gasteiger partial charge in [0.05, 0.1) is 11.0 Å². The number of hydrogen-bond acceptors (Lipinski definition) is 4. The van der Waals surface area contributed by atoms with Gasteiger partial charge in [-0.1, -0.05) is 13.8 Å². The Morgan fingerprint density at radius 1 is 1.22 bits per heavy atom. The summed E-state index contributed by atoms with van der Waals surface area (Å²) in [6.07, 6.45) is -0.0428. The second kappa shape index (κ2) is 5.16. The zero-order valence-corrected chi connectivity index (χ0v) is 11.9. The molecule has 0 aliphatic heterocycles. The first kappa shape index (κ1) is 14.8. The topological polar surface area (TPSA) is 95.4 Å². The Balaban J connectivity index is 3.26. The quantitative estimate of drug-likeness (QED) is 0.815. The van der Waals surface area contributed by atoms with Gasteiger partial charge in [0.1, 0.15) is 5.75 Å². The molecule has 18 heavy (non-hydrogen) atoms. The minimum absolute atomic E-state index is 0.00783. The van der Waals surface area contributed by atoms with E-state index in [0.29, 0.717) is 22.9 Å². The minimum Gasteiger partial charge on any atom is -0.490 e. The number of rotatable bonds is 4. The highest BCUT2D eigenvalue weighted by molar-refractivity contribution is 7.89. The number of hydrogen-bond donors (Lipinski definition) is 2. The molecule has 0 heterocycles. The lowest BCUT2D eigenvalue weighted by molar-refractivity contribution is 0.169. The summed E-state index contributed by atoms with van der Waals surface area (Å²) in [5, 5.41) is 5.15. The zero-order valence-electron chi connectivity index (χ0n) is 11.1. The summed E-state index contributed by atoms with van der Waals surface area (Å²) < 4.78 is 28.6. The van der Waals surface area contributed by atoms with Gasteiger partial charge in [0.2, 0.25) is 10.0 Å². The summed E-state index contributed by atoms with van der Waals surface area (Å²) >= 11 is 0. The highest BCUT2D eigenvalue weighted by atomic mass is 32.2. The lowest BCUT2D eigenvalue weighted by Crippen LogP contribution is -2.20. The van der Waals surface area contributed by atoms with E-state index in [4.69, 9.17) is 15.6 Å². The molecular formula is C12H20N2O3S. The van der Waals surface area contributed by atoms with Crippen LogP contribution in [0.5, 0.6) is 5.75 Å². The molecule has 0 saturated carbocycles. The van der Waals surface area contributed by atoms with Gasteiger partial charge >= 0.3 is 0 Å². The molecule has 0 amide bonds. The average Bonchev–Trinajstić information content (AvgIpc) is 2.21. The van der Waals surface area contributed by atoms with Gasteiger partial charge in [-0.2, -0.15) is 0 Å². The third kappa shape index (κ3) is 3.36. The Labute approximate surface area is 108 Å². The number of ether oxygens (including phenoxy) is 1. The molecule has 1 atom stereocenters. The van der Waals surface area contributed by atoms with Crippen LogP contribution in [-0.4, -0.2) is 14.5 Å². The summed E-state index contributed by atoms with van der Waals surface area (Å²) in [6.45, 7) is 7.62. The molecule has 1 unspecified atom stereocenters. The third-order valence-corrected chi connectivity index (χ3v) is 3.93. The zero-order chi connectivity index (χ0) is 14.1.